The summed E-state index contributed by atoms with van der Waals surface area (Å²) in [6, 6.07) is 7.23. The first-order valence-electron chi connectivity index (χ1n) is 5.83. The zero-order chi connectivity index (χ0) is 13.7. The standard InChI is InChI=1S/C13H15N3O2S/c1-19(18)9-7-15-13(17)11-2-4-12(5-3-11)16-8-6-14-10-16/h2-6,8,10H,7,9H2,1H3,(H,15,17). The van der Waals surface area contributed by atoms with E-state index in [1.54, 1.807) is 30.9 Å². The molecule has 100 valence electrons. The molecule has 2 rings (SSSR count). The van der Waals surface area contributed by atoms with Gasteiger partial charge >= 0.3 is 0 Å². The van der Waals surface area contributed by atoms with Crippen LogP contribution in [0.4, 0.5) is 0 Å². The van der Waals surface area contributed by atoms with Gasteiger partial charge in [0.2, 0.25) is 0 Å². The lowest BCUT2D eigenvalue weighted by molar-refractivity contribution is 0.0956. The van der Waals surface area contributed by atoms with Gasteiger partial charge in [0.05, 0.1) is 6.33 Å². The van der Waals surface area contributed by atoms with Crippen LogP contribution in [-0.2, 0) is 10.8 Å². The third-order valence-corrected chi connectivity index (χ3v) is 3.39. The van der Waals surface area contributed by atoms with Crippen LogP contribution in [0.3, 0.4) is 0 Å². The maximum atomic E-state index is 11.8. The summed E-state index contributed by atoms with van der Waals surface area (Å²) in [6.45, 7) is 0.422. The van der Waals surface area contributed by atoms with Crippen molar-refractivity contribution in [2.45, 2.75) is 0 Å². The molecule has 1 heterocycles. The first-order valence-corrected chi connectivity index (χ1v) is 7.56. The van der Waals surface area contributed by atoms with Gasteiger partial charge in [-0.05, 0) is 24.3 Å². The Morgan fingerprint density at radius 1 is 1.37 bits per heavy atom. The first-order chi connectivity index (χ1) is 9.16. The Morgan fingerprint density at radius 3 is 2.68 bits per heavy atom. The predicted octanol–water partition coefficient (Wildman–Crippen LogP) is 0.981. The van der Waals surface area contributed by atoms with Crippen LogP contribution in [0, 0.1) is 0 Å². The molecule has 6 heteroatoms. The zero-order valence-corrected chi connectivity index (χ0v) is 11.4. The second-order valence-electron chi connectivity index (χ2n) is 4.05. The summed E-state index contributed by atoms with van der Waals surface area (Å²) in [5, 5.41) is 2.73. The van der Waals surface area contributed by atoms with E-state index in [1.165, 1.54) is 0 Å². The topological polar surface area (TPSA) is 64.0 Å². The van der Waals surface area contributed by atoms with Gasteiger partial charge in [0.1, 0.15) is 0 Å². The van der Waals surface area contributed by atoms with Gasteiger partial charge in [-0.2, -0.15) is 0 Å². The maximum Gasteiger partial charge on any atom is 0.251 e. The van der Waals surface area contributed by atoms with Crippen LogP contribution in [0.1, 0.15) is 10.4 Å². The second kappa shape index (κ2) is 6.29. The second-order valence-corrected chi connectivity index (χ2v) is 5.60. The van der Waals surface area contributed by atoms with E-state index in [9.17, 15) is 9.00 Å². The number of benzene rings is 1. The molecule has 0 aliphatic rings. The number of imidazole rings is 1. The van der Waals surface area contributed by atoms with E-state index < -0.39 is 10.8 Å². The van der Waals surface area contributed by atoms with Crippen LogP contribution in [0.25, 0.3) is 5.69 Å². The molecule has 19 heavy (non-hydrogen) atoms. The largest absolute Gasteiger partial charge is 0.351 e. The molecule has 1 amide bonds. The van der Waals surface area contributed by atoms with Crippen molar-refractivity contribution in [3.8, 4) is 5.69 Å². The van der Waals surface area contributed by atoms with Crippen molar-refractivity contribution in [2.24, 2.45) is 0 Å². The molecule has 2 aromatic rings. The molecule has 1 atom stereocenters. The minimum Gasteiger partial charge on any atom is -0.351 e. The molecule has 1 unspecified atom stereocenters. The number of nitrogens with one attached hydrogen (secondary N) is 1. The third-order valence-electron chi connectivity index (χ3n) is 2.61. The van der Waals surface area contributed by atoms with E-state index in [2.05, 4.69) is 10.3 Å². The monoisotopic (exact) mass is 277 g/mol. The van der Waals surface area contributed by atoms with Gasteiger partial charge in [-0.25, -0.2) is 4.98 Å². The van der Waals surface area contributed by atoms with Crippen molar-refractivity contribution in [1.82, 2.24) is 14.9 Å². The van der Waals surface area contributed by atoms with Crippen LogP contribution in [0.2, 0.25) is 0 Å². The number of hydrogen-bond donors (Lipinski definition) is 1. The van der Waals surface area contributed by atoms with Gasteiger partial charge in [-0.15, -0.1) is 0 Å². The molecular weight excluding hydrogens is 262 g/mol. The van der Waals surface area contributed by atoms with Gasteiger partial charge in [0.25, 0.3) is 5.91 Å². The van der Waals surface area contributed by atoms with Crippen LogP contribution in [0.5, 0.6) is 0 Å². The van der Waals surface area contributed by atoms with Crippen molar-refractivity contribution in [1.29, 1.82) is 0 Å². The zero-order valence-electron chi connectivity index (χ0n) is 10.6. The van der Waals surface area contributed by atoms with Crippen LogP contribution >= 0.6 is 0 Å². The van der Waals surface area contributed by atoms with E-state index in [1.807, 2.05) is 22.9 Å². The highest BCUT2D eigenvalue weighted by atomic mass is 32.2. The van der Waals surface area contributed by atoms with Crippen molar-refractivity contribution < 1.29 is 9.00 Å². The number of rotatable bonds is 5. The Morgan fingerprint density at radius 2 is 2.11 bits per heavy atom. The molecule has 1 N–H and O–H groups in total. The number of hydrogen-bond acceptors (Lipinski definition) is 3. The number of nitrogens with zero attached hydrogens (tertiary/aromatic N) is 2. The van der Waals surface area contributed by atoms with E-state index in [0.717, 1.165) is 5.69 Å². The van der Waals surface area contributed by atoms with Crippen LogP contribution in [0.15, 0.2) is 43.0 Å². The Bertz CT molecular complexity index is 564. The average Bonchev–Trinajstić information content (AvgIpc) is 2.92. The predicted molar refractivity (Wildman–Crippen MR) is 74.8 cm³/mol. The van der Waals surface area contributed by atoms with Gasteiger partial charge in [0, 0.05) is 53.0 Å². The normalized spacial score (nSPS) is 12.1. The lowest BCUT2D eigenvalue weighted by atomic mass is 10.2. The van der Waals surface area contributed by atoms with Crippen molar-refractivity contribution in [3.05, 3.63) is 48.5 Å². The fraction of sp³-hybridized carbons (Fsp3) is 0.231. The fourth-order valence-corrected chi connectivity index (χ4v) is 2.00. The molecule has 0 spiro atoms. The average molecular weight is 277 g/mol. The fourth-order valence-electron chi connectivity index (χ4n) is 1.61. The molecule has 0 aliphatic carbocycles. The molecule has 0 radical (unpaired) electrons. The number of carbonyl (C=O) groups excluding carboxylic acids is 1. The SMILES string of the molecule is CS(=O)CCNC(=O)c1ccc(-n2ccnc2)cc1. The van der Waals surface area contributed by atoms with Crippen LogP contribution < -0.4 is 5.32 Å². The van der Waals surface area contributed by atoms with Gasteiger partial charge in [-0.3, -0.25) is 9.00 Å². The van der Waals surface area contributed by atoms with Gasteiger partial charge < -0.3 is 9.88 Å². The van der Waals surface area contributed by atoms with Crippen molar-refractivity contribution in [3.63, 3.8) is 0 Å². The Kier molecular flexibility index (Phi) is 4.46. The third kappa shape index (κ3) is 3.75. The van der Waals surface area contributed by atoms with Gasteiger partial charge in [-0.1, -0.05) is 0 Å². The molecule has 0 aliphatic heterocycles. The quantitative estimate of drug-likeness (QED) is 0.886. The van der Waals surface area contributed by atoms with E-state index >= 15 is 0 Å². The number of amides is 1. The van der Waals surface area contributed by atoms with E-state index in [4.69, 9.17) is 0 Å². The minimum atomic E-state index is -0.887. The highest BCUT2D eigenvalue weighted by Crippen LogP contribution is 2.09. The number of aromatic nitrogens is 2. The van der Waals surface area contributed by atoms with E-state index in [0.29, 0.717) is 17.9 Å². The smallest absolute Gasteiger partial charge is 0.251 e. The molecule has 0 saturated carbocycles. The lowest BCUT2D eigenvalue weighted by Gasteiger charge is -2.06. The summed E-state index contributed by atoms with van der Waals surface area (Å²) in [7, 11) is -0.887. The summed E-state index contributed by atoms with van der Waals surface area (Å²) in [5.74, 6) is 0.321. The summed E-state index contributed by atoms with van der Waals surface area (Å²) >= 11 is 0. The molecule has 1 aromatic carbocycles. The van der Waals surface area contributed by atoms with Crippen molar-refractivity contribution >= 4 is 16.7 Å². The Balaban J connectivity index is 1.98. The molecule has 5 nitrogen and oxygen atoms in total. The van der Waals surface area contributed by atoms with Crippen molar-refractivity contribution in [2.75, 3.05) is 18.6 Å². The molecule has 0 saturated heterocycles. The maximum absolute atomic E-state index is 11.8. The minimum absolute atomic E-state index is 0.150. The molecule has 0 fully saturated rings. The first kappa shape index (κ1) is 13.5. The Hall–Kier alpha value is -1.95. The summed E-state index contributed by atoms with van der Waals surface area (Å²) < 4.78 is 12.8. The molecule has 0 bridgehead atoms. The summed E-state index contributed by atoms with van der Waals surface area (Å²) in [6.07, 6.45) is 6.86. The van der Waals surface area contributed by atoms with E-state index in [-0.39, 0.29) is 5.91 Å². The molecule has 1 aromatic heterocycles. The van der Waals surface area contributed by atoms with Crippen LogP contribution in [-0.4, -0.2) is 38.2 Å². The Labute approximate surface area is 114 Å². The summed E-state index contributed by atoms with van der Waals surface area (Å²) in [5.41, 5.74) is 1.54. The van der Waals surface area contributed by atoms with Gasteiger partial charge in [0.15, 0.2) is 0 Å². The molecular formula is C13H15N3O2S. The summed E-state index contributed by atoms with van der Waals surface area (Å²) in [4.78, 5) is 15.8. The highest BCUT2D eigenvalue weighted by molar-refractivity contribution is 7.84. The highest BCUT2D eigenvalue weighted by Gasteiger charge is 2.05. The lowest BCUT2D eigenvalue weighted by Crippen LogP contribution is -2.27. The number of carbonyl (C=O) groups is 1.